The lowest BCUT2D eigenvalue weighted by molar-refractivity contribution is -0.116. The molecule has 0 radical (unpaired) electrons. The molecule has 0 saturated heterocycles. The first kappa shape index (κ1) is 14.7. The average Bonchev–Trinajstić information content (AvgIpc) is 3.24. The standard InChI is InChI=1S/C15H14N6O2/c16-7-13-20-17-9-21(13)8-14(22)18-12-3-1-2-10(6-12)15(23)19-11-4-5-11/h1-3,6,9,11H,4-5,8H2,(H,18,22)(H,19,23). The zero-order valence-corrected chi connectivity index (χ0v) is 12.2. The van der Waals surface area contributed by atoms with Crippen molar-refractivity contribution in [3.8, 4) is 6.07 Å². The minimum absolute atomic E-state index is 0.0673. The van der Waals surface area contributed by atoms with Gasteiger partial charge in [-0.1, -0.05) is 6.07 Å². The first-order valence-electron chi connectivity index (χ1n) is 7.14. The van der Waals surface area contributed by atoms with E-state index in [1.165, 1.54) is 10.9 Å². The fourth-order valence-electron chi connectivity index (χ4n) is 2.05. The molecule has 8 heteroatoms. The molecular formula is C15H14N6O2. The number of benzene rings is 1. The molecule has 0 spiro atoms. The van der Waals surface area contributed by atoms with E-state index in [-0.39, 0.29) is 30.2 Å². The Bertz CT molecular complexity index is 787. The number of nitrogens with one attached hydrogen (secondary N) is 2. The van der Waals surface area contributed by atoms with Crippen LogP contribution in [-0.2, 0) is 11.3 Å². The Kier molecular flexibility index (Phi) is 4.01. The van der Waals surface area contributed by atoms with Gasteiger partial charge in [-0.25, -0.2) is 0 Å². The Balaban J connectivity index is 1.64. The zero-order chi connectivity index (χ0) is 16.2. The number of hydrogen-bond donors (Lipinski definition) is 2. The summed E-state index contributed by atoms with van der Waals surface area (Å²) in [5.74, 6) is -0.409. The van der Waals surface area contributed by atoms with Crippen LogP contribution in [0.3, 0.4) is 0 Å². The maximum absolute atomic E-state index is 12.0. The van der Waals surface area contributed by atoms with E-state index in [0.29, 0.717) is 11.3 Å². The van der Waals surface area contributed by atoms with Gasteiger partial charge in [0.05, 0.1) is 0 Å². The van der Waals surface area contributed by atoms with Crippen molar-refractivity contribution in [1.29, 1.82) is 5.26 Å². The minimum atomic E-state index is -0.332. The Hall–Kier alpha value is -3.21. The zero-order valence-electron chi connectivity index (χ0n) is 12.2. The molecule has 2 aromatic rings. The number of anilines is 1. The van der Waals surface area contributed by atoms with Crippen LogP contribution in [0.2, 0.25) is 0 Å². The molecule has 2 amide bonds. The van der Waals surface area contributed by atoms with Crippen LogP contribution in [0.25, 0.3) is 0 Å². The monoisotopic (exact) mass is 310 g/mol. The highest BCUT2D eigenvalue weighted by Crippen LogP contribution is 2.20. The van der Waals surface area contributed by atoms with E-state index in [2.05, 4.69) is 20.8 Å². The molecule has 1 saturated carbocycles. The van der Waals surface area contributed by atoms with Crippen LogP contribution in [-0.4, -0.2) is 32.6 Å². The van der Waals surface area contributed by atoms with Crippen molar-refractivity contribution in [2.45, 2.75) is 25.4 Å². The molecule has 1 aliphatic carbocycles. The second-order valence-corrected chi connectivity index (χ2v) is 5.27. The molecule has 23 heavy (non-hydrogen) atoms. The van der Waals surface area contributed by atoms with Crippen LogP contribution in [0.15, 0.2) is 30.6 Å². The van der Waals surface area contributed by atoms with Crippen molar-refractivity contribution in [2.75, 3.05) is 5.32 Å². The van der Waals surface area contributed by atoms with Gasteiger partial charge in [-0.15, -0.1) is 10.2 Å². The Morgan fingerprint density at radius 2 is 2.22 bits per heavy atom. The number of rotatable bonds is 5. The van der Waals surface area contributed by atoms with Gasteiger partial charge in [0.25, 0.3) is 5.91 Å². The lowest BCUT2D eigenvalue weighted by Gasteiger charge is -2.08. The van der Waals surface area contributed by atoms with Gasteiger partial charge in [0.2, 0.25) is 11.7 Å². The van der Waals surface area contributed by atoms with Crippen molar-refractivity contribution in [3.05, 3.63) is 42.0 Å². The quantitative estimate of drug-likeness (QED) is 0.843. The summed E-state index contributed by atoms with van der Waals surface area (Å²) in [5.41, 5.74) is 1.02. The SMILES string of the molecule is N#Cc1nncn1CC(=O)Nc1cccc(C(=O)NC2CC2)c1. The van der Waals surface area contributed by atoms with Crippen molar-refractivity contribution < 1.29 is 9.59 Å². The number of aromatic nitrogens is 3. The summed E-state index contributed by atoms with van der Waals surface area (Å²) >= 11 is 0. The number of nitrogens with zero attached hydrogens (tertiary/aromatic N) is 4. The molecule has 0 atom stereocenters. The minimum Gasteiger partial charge on any atom is -0.349 e. The summed E-state index contributed by atoms with van der Waals surface area (Å²) in [6.07, 6.45) is 3.35. The van der Waals surface area contributed by atoms with Crippen LogP contribution >= 0.6 is 0 Å². The smallest absolute Gasteiger partial charge is 0.251 e. The average molecular weight is 310 g/mol. The molecule has 1 heterocycles. The summed E-state index contributed by atoms with van der Waals surface area (Å²) in [6, 6.07) is 8.84. The largest absolute Gasteiger partial charge is 0.349 e. The van der Waals surface area contributed by atoms with E-state index in [4.69, 9.17) is 5.26 Å². The summed E-state index contributed by atoms with van der Waals surface area (Å²) in [6.45, 7) is -0.0750. The van der Waals surface area contributed by atoms with Gasteiger partial charge in [-0.05, 0) is 31.0 Å². The number of hydrogen-bond acceptors (Lipinski definition) is 5. The van der Waals surface area contributed by atoms with Crippen molar-refractivity contribution in [1.82, 2.24) is 20.1 Å². The summed E-state index contributed by atoms with van der Waals surface area (Å²) in [5, 5.41) is 21.6. The van der Waals surface area contributed by atoms with Crippen LogP contribution in [0.5, 0.6) is 0 Å². The van der Waals surface area contributed by atoms with Crippen LogP contribution < -0.4 is 10.6 Å². The normalized spacial score (nSPS) is 13.2. The van der Waals surface area contributed by atoms with Crippen molar-refractivity contribution in [2.24, 2.45) is 0 Å². The third kappa shape index (κ3) is 3.71. The van der Waals surface area contributed by atoms with Gasteiger partial charge in [0, 0.05) is 17.3 Å². The molecule has 1 aromatic carbocycles. The van der Waals surface area contributed by atoms with Gasteiger partial charge in [-0.2, -0.15) is 5.26 Å². The molecule has 2 N–H and O–H groups in total. The van der Waals surface area contributed by atoms with Gasteiger partial charge in [0.1, 0.15) is 18.9 Å². The van der Waals surface area contributed by atoms with E-state index >= 15 is 0 Å². The number of nitriles is 1. The molecular weight excluding hydrogens is 296 g/mol. The van der Waals surface area contributed by atoms with Crippen LogP contribution in [0, 0.1) is 11.3 Å². The van der Waals surface area contributed by atoms with E-state index in [1.54, 1.807) is 24.3 Å². The van der Waals surface area contributed by atoms with E-state index < -0.39 is 0 Å². The summed E-state index contributed by atoms with van der Waals surface area (Å²) < 4.78 is 1.35. The Labute approximate surface area is 132 Å². The van der Waals surface area contributed by atoms with Crippen molar-refractivity contribution >= 4 is 17.5 Å². The Morgan fingerprint density at radius 1 is 1.39 bits per heavy atom. The van der Waals surface area contributed by atoms with E-state index in [9.17, 15) is 9.59 Å². The highest BCUT2D eigenvalue weighted by atomic mass is 16.2. The Morgan fingerprint density at radius 3 is 2.96 bits per heavy atom. The first-order valence-corrected chi connectivity index (χ1v) is 7.14. The van der Waals surface area contributed by atoms with Gasteiger partial charge >= 0.3 is 0 Å². The maximum atomic E-state index is 12.0. The molecule has 1 fully saturated rings. The number of carbonyl (C=O) groups excluding carboxylic acids is 2. The topological polar surface area (TPSA) is 113 Å². The number of carbonyl (C=O) groups is 2. The summed E-state index contributed by atoms with van der Waals surface area (Å²) in [4.78, 5) is 24.0. The van der Waals surface area contributed by atoms with Gasteiger partial charge < -0.3 is 10.6 Å². The van der Waals surface area contributed by atoms with Crippen molar-refractivity contribution in [3.63, 3.8) is 0 Å². The number of amides is 2. The molecule has 0 unspecified atom stereocenters. The first-order chi connectivity index (χ1) is 11.2. The van der Waals surface area contributed by atoms with Crippen LogP contribution in [0.1, 0.15) is 29.0 Å². The molecule has 3 rings (SSSR count). The fourth-order valence-corrected chi connectivity index (χ4v) is 2.05. The molecule has 1 aromatic heterocycles. The maximum Gasteiger partial charge on any atom is 0.251 e. The van der Waals surface area contributed by atoms with Crippen LogP contribution in [0.4, 0.5) is 5.69 Å². The third-order valence-corrected chi connectivity index (χ3v) is 3.35. The fraction of sp³-hybridized carbons (Fsp3) is 0.267. The molecule has 8 nitrogen and oxygen atoms in total. The third-order valence-electron chi connectivity index (χ3n) is 3.35. The molecule has 116 valence electrons. The molecule has 1 aliphatic rings. The predicted molar refractivity (Wildman–Crippen MR) is 80.3 cm³/mol. The lowest BCUT2D eigenvalue weighted by atomic mass is 10.2. The molecule has 0 aliphatic heterocycles. The lowest BCUT2D eigenvalue weighted by Crippen LogP contribution is -2.25. The van der Waals surface area contributed by atoms with E-state index in [1.807, 2.05) is 6.07 Å². The second kappa shape index (κ2) is 6.27. The van der Waals surface area contributed by atoms with Gasteiger partial charge in [-0.3, -0.25) is 14.2 Å². The van der Waals surface area contributed by atoms with E-state index in [0.717, 1.165) is 12.8 Å². The van der Waals surface area contributed by atoms with Gasteiger partial charge in [0.15, 0.2) is 0 Å². The highest BCUT2D eigenvalue weighted by Gasteiger charge is 2.23. The highest BCUT2D eigenvalue weighted by molar-refractivity contribution is 5.97. The second-order valence-electron chi connectivity index (χ2n) is 5.27. The molecule has 0 bridgehead atoms. The summed E-state index contributed by atoms with van der Waals surface area (Å²) in [7, 11) is 0. The predicted octanol–water partition coefficient (Wildman–Crippen LogP) is 0.681.